The average molecular weight is 342 g/mol. The highest BCUT2D eigenvalue weighted by molar-refractivity contribution is 7.89. The van der Waals surface area contributed by atoms with Gasteiger partial charge in [0, 0.05) is 36.4 Å². The van der Waals surface area contributed by atoms with Crippen LogP contribution in [0.15, 0.2) is 5.38 Å². The van der Waals surface area contributed by atoms with E-state index in [2.05, 4.69) is 0 Å². The molecule has 0 aromatic carbocycles. The number of aryl methyl sites for hydroxylation is 1. The first-order valence-corrected chi connectivity index (χ1v) is 10.4. The van der Waals surface area contributed by atoms with Gasteiger partial charge in [-0.3, -0.25) is 4.79 Å². The minimum atomic E-state index is -3.14. The molecular weight excluding hydrogens is 320 g/mol. The Morgan fingerprint density at radius 2 is 1.86 bits per heavy atom. The molecule has 0 atom stereocenters. The molecular formula is C15H22N2O3S2. The molecule has 0 spiro atoms. The highest BCUT2D eigenvalue weighted by Gasteiger charge is 2.30. The topological polar surface area (TPSA) is 57.7 Å². The molecule has 1 saturated heterocycles. The number of rotatable bonds is 3. The Kier molecular flexibility index (Phi) is 4.56. The lowest BCUT2D eigenvalue weighted by atomic mass is 9.95. The van der Waals surface area contributed by atoms with Crippen LogP contribution in [-0.4, -0.2) is 55.5 Å². The van der Waals surface area contributed by atoms with Gasteiger partial charge in [-0.2, -0.15) is 4.31 Å². The number of hydrogen-bond acceptors (Lipinski definition) is 4. The summed E-state index contributed by atoms with van der Waals surface area (Å²) in [5, 5.41) is 1.99. The van der Waals surface area contributed by atoms with Gasteiger partial charge in [-0.1, -0.05) is 0 Å². The van der Waals surface area contributed by atoms with Crippen LogP contribution in [0.1, 0.15) is 40.6 Å². The number of fused-ring (bicyclic) bond motifs is 1. The van der Waals surface area contributed by atoms with Gasteiger partial charge < -0.3 is 4.90 Å². The Balaban J connectivity index is 1.69. The van der Waals surface area contributed by atoms with Gasteiger partial charge in [0.25, 0.3) is 5.91 Å². The first kappa shape index (κ1) is 16.0. The van der Waals surface area contributed by atoms with Crippen LogP contribution < -0.4 is 0 Å². The molecule has 1 amide bonds. The molecule has 2 heterocycles. The third-order valence-electron chi connectivity index (χ3n) is 4.58. The molecule has 122 valence electrons. The molecule has 3 rings (SSSR count). The second-order valence-corrected chi connectivity index (χ2v) is 9.07. The van der Waals surface area contributed by atoms with Crippen molar-refractivity contribution in [2.45, 2.75) is 32.6 Å². The van der Waals surface area contributed by atoms with E-state index >= 15 is 0 Å². The highest BCUT2D eigenvalue weighted by atomic mass is 32.2. The molecule has 5 nitrogen and oxygen atoms in total. The summed E-state index contributed by atoms with van der Waals surface area (Å²) in [4.78, 5) is 15.9. The fourth-order valence-electron chi connectivity index (χ4n) is 3.20. The molecule has 22 heavy (non-hydrogen) atoms. The van der Waals surface area contributed by atoms with E-state index in [1.54, 1.807) is 23.2 Å². The summed E-state index contributed by atoms with van der Waals surface area (Å²) >= 11 is 1.70. The maximum absolute atomic E-state index is 12.7. The van der Waals surface area contributed by atoms with Crippen LogP contribution in [0.2, 0.25) is 0 Å². The Hall–Kier alpha value is -0.920. The Morgan fingerprint density at radius 1 is 1.18 bits per heavy atom. The summed E-state index contributed by atoms with van der Waals surface area (Å²) in [6.07, 6.45) is 4.47. The average Bonchev–Trinajstić information content (AvgIpc) is 2.98. The third-order valence-corrected chi connectivity index (χ3v) is 7.55. The Labute approximate surface area is 136 Å². The number of sulfonamides is 1. The van der Waals surface area contributed by atoms with Crippen LogP contribution in [0.3, 0.4) is 0 Å². The van der Waals surface area contributed by atoms with Crippen LogP contribution in [-0.2, 0) is 22.9 Å². The van der Waals surface area contributed by atoms with Crippen LogP contribution in [0, 0.1) is 0 Å². The summed E-state index contributed by atoms with van der Waals surface area (Å²) in [6, 6.07) is 0. The van der Waals surface area contributed by atoms with E-state index in [0.29, 0.717) is 26.2 Å². The molecule has 1 aromatic heterocycles. The summed E-state index contributed by atoms with van der Waals surface area (Å²) in [5.41, 5.74) is 2.09. The van der Waals surface area contributed by atoms with E-state index < -0.39 is 10.0 Å². The van der Waals surface area contributed by atoms with Gasteiger partial charge >= 0.3 is 0 Å². The lowest BCUT2D eigenvalue weighted by Gasteiger charge is -2.34. The van der Waals surface area contributed by atoms with Crippen LogP contribution in [0.25, 0.3) is 0 Å². The molecule has 2 aliphatic rings. The van der Waals surface area contributed by atoms with E-state index in [4.69, 9.17) is 0 Å². The van der Waals surface area contributed by atoms with Crippen molar-refractivity contribution >= 4 is 27.3 Å². The summed E-state index contributed by atoms with van der Waals surface area (Å²) in [6.45, 7) is 3.46. The first-order chi connectivity index (χ1) is 10.5. The largest absolute Gasteiger partial charge is 0.336 e. The highest BCUT2D eigenvalue weighted by Crippen LogP contribution is 2.31. The molecule has 0 N–H and O–H groups in total. The lowest BCUT2D eigenvalue weighted by Crippen LogP contribution is -2.50. The number of piperazine rings is 1. The van der Waals surface area contributed by atoms with Gasteiger partial charge in [0.05, 0.1) is 11.3 Å². The number of carbonyl (C=O) groups is 1. The van der Waals surface area contributed by atoms with E-state index in [1.807, 2.05) is 5.38 Å². The normalized spacial score (nSPS) is 20.0. The van der Waals surface area contributed by atoms with E-state index in [9.17, 15) is 13.2 Å². The van der Waals surface area contributed by atoms with E-state index in [0.717, 1.165) is 24.8 Å². The predicted molar refractivity (Wildman–Crippen MR) is 87.9 cm³/mol. The minimum Gasteiger partial charge on any atom is -0.336 e. The standard InChI is InChI=1S/C15H22N2O3S2/c1-2-22(19,20)17-9-7-16(8-10-17)15(18)13-11-21-14-6-4-3-5-12(13)14/h11H,2-10H2,1H3. The number of hydrogen-bond donors (Lipinski definition) is 0. The molecule has 7 heteroatoms. The fraction of sp³-hybridized carbons (Fsp3) is 0.667. The van der Waals surface area contributed by atoms with Crippen molar-refractivity contribution in [1.82, 2.24) is 9.21 Å². The molecule has 0 radical (unpaired) electrons. The number of amides is 1. The molecule has 1 fully saturated rings. The van der Waals surface area contributed by atoms with Gasteiger partial charge in [-0.15, -0.1) is 11.3 Å². The smallest absolute Gasteiger partial charge is 0.255 e. The van der Waals surface area contributed by atoms with Crippen molar-refractivity contribution in [3.8, 4) is 0 Å². The molecule has 1 aliphatic carbocycles. The van der Waals surface area contributed by atoms with Crippen LogP contribution in [0.5, 0.6) is 0 Å². The Bertz CT molecular complexity index is 658. The van der Waals surface area contributed by atoms with Crippen molar-refractivity contribution in [2.24, 2.45) is 0 Å². The summed E-state index contributed by atoms with van der Waals surface area (Å²) < 4.78 is 25.3. The van der Waals surface area contributed by atoms with Crippen molar-refractivity contribution < 1.29 is 13.2 Å². The molecule has 1 aliphatic heterocycles. The van der Waals surface area contributed by atoms with Crippen molar-refractivity contribution in [3.63, 3.8) is 0 Å². The second kappa shape index (κ2) is 6.29. The van der Waals surface area contributed by atoms with Crippen molar-refractivity contribution in [3.05, 3.63) is 21.4 Å². The lowest BCUT2D eigenvalue weighted by molar-refractivity contribution is 0.0697. The van der Waals surface area contributed by atoms with Gasteiger partial charge in [-0.25, -0.2) is 8.42 Å². The maximum atomic E-state index is 12.7. The number of carbonyl (C=O) groups excluding carboxylic acids is 1. The zero-order chi connectivity index (χ0) is 15.7. The monoisotopic (exact) mass is 342 g/mol. The van der Waals surface area contributed by atoms with Crippen LogP contribution in [0.4, 0.5) is 0 Å². The van der Waals surface area contributed by atoms with Gasteiger partial charge in [-0.05, 0) is 38.2 Å². The predicted octanol–water partition coefficient (Wildman–Crippen LogP) is 1.73. The number of nitrogens with zero attached hydrogens (tertiary/aromatic N) is 2. The van der Waals surface area contributed by atoms with Gasteiger partial charge in [0.15, 0.2) is 0 Å². The molecule has 0 unspecified atom stereocenters. The summed E-state index contributed by atoms with van der Waals surface area (Å²) in [7, 11) is -3.14. The Morgan fingerprint density at radius 3 is 2.55 bits per heavy atom. The molecule has 0 saturated carbocycles. The molecule has 0 bridgehead atoms. The zero-order valence-corrected chi connectivity index (χ0v) is 14.5. The maximum Gasteiger partial charge on any atom is 0.255 e. The van der Waals surface area contributed by atoms with Crippen molar-refractivity contribution in [2.75, 3.05) is 31.9 Å². The van der Waals surface area contributed by atoms with E-state index in [1.165, 1.54) is 21.2 Å². The minimum absolute atomic E-state index is 0.0768. The fourth-order valence-corrected chi connectivity index (χ4v) is 5.40. The summed E-state index contributed by atoms with van der Waals surface area (Å²) in [5.74, 6) is 0.201. The van der Waals surface area contributed by atoms with Gasteiger partial charge in [0.1, 0.15) is 0 Å². The number of thiophene rings is 1. The zero-order valence-electron chi connectivity index (χ0n) is 12.9. The first-order valence-electron chi connectivity index (χ1n) is 7.89. The SMILES string of the molecule is CCS(=O)(=O)N1CCN(C(=O)c2csc3c2CCCC3)CC1. The van der Waals surface area contributed by atoms with Crippen molar-refractivity contribution in [1.29, 1.82) is 0 Å². The van der Waals surface area contributed by atoms with Crippen LogP contribution >= 0.6 is 11.3 Å². The quantitative estimate of drug-likeness (QED) is 0.841. The van der Waals surface area contributed by atoms with E-state index in [-0.39, 0.29) is 11.7 Å². The third kappa shape index (κ3) is 2.94. The second-order valence-electron chi connectivity index (χ2n) is 5.85. The molecule has 1 aromatic rings. The van der Waals surface area contributed by atoms with Gasteiger partial charge in [0.2, 0.25) is 10.0 Å².